The third-order valence-electron chi connectivity index (χ3n) is 5.72. The Morgan fingerprint density at radius 2 is 1.12 bits per heavy atom. The fourth-order valence-electron chi connectivity index (χ4n) is 4.79. The predicted octanol–water partition coefficient (Wildman–Crippen LogP) is 4.36. The van der Waals surface area contributed by atoms with Gasteiger partial charge in [-0.25, -0.2) is 0 Å². The van der Waals surface area contributed by atoms with E-state index in [1.54, 1.807) is 24.9 Å². The molecular formula is C16H32Si. The van der Waals surface area contributed by atoms with Crippen molar-refractivity contribution < 1.29 is 0 Å². The molecule has 0 heterocycles. The van der Waals surface area contributed by atoms with E-state index in [4.69, 9.17) is 0 Å². The lowest BCUT2D eigenvalue weighted by atomic mass is 10.0. The number of rotatable bonds is 4. The van der Waals surface area contributed by atoms with Crippen molar-refractivity contribution in [1.29, 1.82) is 0 Å². The quantitative estimate of drug-likeness (QED) is 0.652. The minimum atomic E-state index is 0.244. The van der Waals surface area contributed by atoms with Crippen LogP contribution in [0, 0.1) is 35.5 Å². The fourth-order valence-corrected chi connectivity index (χ4v) is 7.69. The maximum atomic E-state index is 2.50. The van der Waals surface area contributed by atoms with Gasteiger partial charge in [-0.15, -0.1) is 0 Å². The van der Waals surface area contributed by atoms with Gasteiger partial charge in [-0.2, -0.15) is 0 Å². The summed E-state index contributed by atoms with van der Waals surface area (Å²) in [5, 5.41) is 0. The molecule has 1 heteroatoms. The zero-order valence-corrected chi connectivity index (χ0v) is 13.8. The van der Waals surface area contributed by atoms with Gasteiger partial charge in [0.05, 0.1) is 0 Å². The van der Waals surface area contributed by atoms with Gasteiger partial charge in [-0.1, -0.05) is 39.8 Å². The largest absolute Gasteiger partial charge is 0.0625 e. The van der Waals surface area contributed by atoms with E-state index in [9.17, 15) is 0 Å². The Morgan fingerprint density at radius 1 is 0.706 bits per heavy atom. The van der Waals surface area contributed by atoms with Crippen molar-refractivity contribution in [3.8, 4) is 0 Å². The van der Waals surface area contributed by atoms with Crippen molar-refractivity contribution >= 4 is 9.52 Å². The molecule has 2 saturated carbocycles. The average molecular weight is 253 g/mol. The van der Waals surface area contributed by atoms with Crippen LogP contribution in [0.4, 0.5) is 0 Å². The lowest BCUT2D eigenvalue weighted by Gasteiger charge is -2.18. The highest BCUT2D eigenvalue weighted by Gasteiger charge is 2.30. The van der Waals surface area contributed by atoms with E-state index < -0.39 is 0 Å². The van der Waals surface area contributed by atoms with Gasteiger partial charge < -0.3 is 0 Å². The maximum Gasteiger partial charge on any atom is 0.0203 e. The number of hydrogen-bond donors (Lipinski definition) is 0. The summed E-state index contributed by atoms with van der Waals surface area (Å²) in [6, 6.07) is 3.31. The van der Waals surface area contributed by atoms with Crippen LogP contribution in [-0.4, -0.2) is 9.52 Å². The van der Waals surface area contributed by atoms with E-state index in [-0.39, 0.29) is 9.52 Å². The summed E-state index contributed by atoms with van der Waals surface area (Å²) in [5.41, 5.74) is 0. The molecule has 0 aromatic carbocycles. The van der Waals surface area contributed by atoms with Gasteiger partial charge >= 0.3 is 0 Å². The molecule has 6 atom stereocenters. The molecule has 17 heavy (non-hydrogen) atoms. The smallest absolute Gasteiger partial charge is 0.0203 e. The Bertz CT molecular complexity index is 214. The molecule has 0 amide bonds. The third kappa shape index (κ3) is 3.59. The standard InChI is InChI=1S/C16H32Si/c1-11-5-13(3)15(7-11)9-17-10-16-8-12(2)6-14(16)4/h11-16H,5-10,17H2,1-4H3. The molecule has 2 aliphatic carbocycles. The van der Waals surface area contributed by atoms with Crippen LogP contribution in [0.2, 0.25) is 12.1 Å². The van der Waals surface area contributed by atoms with Gasteiger partial charge in [0.15, 0.2) is 0 Å². The predicted molar refractivity (Wildman–Crippen MR) is 80.3 cm³/mol. The molecule has 0 aliphatic heterocycles. The van der Waals surface area contributed by atoms with Crippen molar-refractivity contribution in [2.24, 2.45) is 35.5 Å². The highest BCUT2D eigenvalue weighted by Crippen LogP contribution is 2.40. The van der Waals surface area contributed by atoms with Crippen LogP contribution in [0.5, 0.6) is 0 Å². The van der Waals surface area contributed by atoms with Gasteiger partial charge in [0.1, 0.15) is 0 Å². The molecule has 0 bridgehead atoms. The Morgan fingerprint density at radius 3 is 1.41 bits per heavy atom. The molecule has 0 N–H and O–H groups in total. The second-order valence-electron chi connectivity index (χ2n) is 7.56. The molecule has 6 unspecified atom stereocenters. The average Bonchev–Trinajstić information content (AvgIpc) is 2.71. The van der Waals surface area contributed by atoms with Crippen LogP contribution in [0.3, 0.4) is 0 Å². The molecule has 0 radical (unpaired) electrons. The molecule has 0 saturated heterocycles. The summed E-state index contributed by atoms with van der Waals surface area (Å²) in [6.45, 7) is 9.92. The van der Waals surface area contributed by atoms with Crippen molar-refractivity contribution in [2.75, 3.05) is 0 Å². The minimum Gasteiger partial charge on any atom is -0.0625 e. The van der Waals surface area contributed by atoms with Crippen molar-refractivity contribution in [1.82, 2.24) is 0 Å². The van der Waals surface area contributed by atoms with E-state index in [0.29, 0.717) is 0 Å². The Kier molecular flexibility index (Phi) is 4.74. The van der Waals surface area contributed by atoms with Crippen molar-refractivity contribution in [3.63, 3.8) is 0 Å². The van der Waals surface area contributed by atoms with Gasteiger partial charge in [0.2, 0.25) is 0 Å². The molecular weight excluding hydrogens is 220 g/mol. The lowest BCUT2D eigenvalue weighted by Crippen LogP contribution is -2.11. The maximum absolute atomic E-state index is 2.50. The number of hydrogen-bond acceptors (Lipinski definition) is 0. The molecule has 2 fully saturated rings. The summed E-state index contributed by atoms with van der Waals surface area (Å²) < 4.78 is 0. The molecule has 0 spiro atoms. The first-order valence-electron chi connectivity index (χ1n) is 8.06. The summed E-state index contributed by atoms with van der Waals surface area (Å²) in [7, 11) is 0.244. The van der Waals surface area contributed by atoms with E-state index in [1.807, 2.05) is 0 Å². The Hall–Kier alpha value is 0.217. The van der Waals surface area contributed by atoms with Gasteiger partial charge in [0.25, 0.3) is 0 Å². The SMILES string of the molecule is CC1CC(C)C(C[SiH2]CC2CC(C)CC2C)C1. The molecule has 0 nitrogen and oxygen atoms in total. The van der Waals surface area contributed by atoms with E-state index >= 15 is 0 Å². The Balaban J connectivity index is 1.66. The second kappa shape index (κ2) is 5.91. The summed E-state index contributed by atoms with van der Waals surface area (Å²) in [4.78, 5) is 0. The highest BCUT2D eigenvalue weighted by atomic mass is 28.2. The molecule has 100 valence electrons. The summed E-state index contributed by atoms with van der Waals surface area (Å²) in [6.07, 6.45) is 6.11. The van der Waals surface area contributed by atoms with Crippen LogP contribution < -0.4 is 0 Å². The van der Waals surface area contributed by atoms with Crippen molar-refractivity contribution in [3.05, 3.63) is 0 Å². The zero-order chi connectivity index (χ0) is 12.4. The van der Waals surface area contributed by atoms with Crippen LogP contribution in [0.25, 0.3) is 0 Å². The topological polar surface area (TPSA) is 0 Å². The summed E-state index contributed by atoms with van der Waals surface area (Å²) in [5.74, 6) is 6.36. The normalized spacial score (nSPS) is 47.3. The van der Waals surface area contributed by atoms with Gasteiger partial charge in [-0.05, 0) is 61.2 Å². The molecule has 0 aromatic heterocycles. The zero-order valence-electron chi connectivity index (χ0n) is 12.4. The van der Waals surface area contributed by atoms with Crippen LogP contribution in [0.1, 0.15) is 53.4 Å². The van der Waals surface area contributed by atoms with Crippen LogP contribution in [-0.2, 0) is 0 Å². The minimum absolute atomic E-state index is 0.244. The molecule has 2 rings (SSSR count). The molecule has 0 aromatic rings. The second-order valence-corrected chi connectivity index (χ2v) is 9.42. The fraction of sp³-hybridized carbons (Fsp3) is 1.00. The van der Waals surface area contributed by atoms with E-state index in [0.717, 1.165) is 35.5 Å². The first-order chi connectivity index (χ1) is 8.06. The Labute approximate surface area is 111 Å². The first-order valence-corrected chi connectivity index (χ1v) is 10.1. The van der Waals surface area contributed by atoms with Crippen LogP contribution >= 0.6 is 0 Å². The third-order valence-corrected chi connectivity index (χ3v) is 8.02. The monoisotopic (exact) mass is 252 g/mol. The summed E-state index contributed by atoms with van der Waals surface area (Å²) >= 11 is 0. The van der Waals surface area contributed by atoms with Crippen molar-refractivity contribution in [2.45, 2.75) is 65.5 Å². The van der Waals surface area contributed by atoms with Crippen LogP contribution in [0.15, 0.2) is 0 Å². The van der Waals surface area contributed by atoms with E-state index in [2.05, 4.69) is 27.7 Å². The van der Waals surface area contributed by atoms with E-state index in [1.165, 1.54) is 12.8 Å². The molecule has 2 aliphatic rings. The highest BCUT2D eigenvalue weighted by molar-refractivity contribution is 6.35. The van der Waals surface area contributed by atoms with Gasteiger partial charge in [-0.3, -0.25) is 0 Å². The van der Waals surface area contributed by atoms with Gasteiger partial charge in [0, 0.05) is 9.52 Å². The lowest BCUT2D eigenvalue weighted by molar-refractivity contribution is 0.440. The first kappa shape index (κ1) is 13.6.